The molecule has 0 unspecified atom stereocenters. The molecule has 0 aliphatic carbocycles. The van der Waals surface area contributed by atoms with Gasteiger partial charge in [0.1, 0.15) is 17.9 Å². The minimum Gasteiger partial charge on any atom is -0.488 e. The summed E-state index contributed by atoms with van der Waals surface area (Å²) in [5.41, 5.74) is 2.66. The second kappa shape index (κ2) is 9.72. The number of halogens is 2. The first-order valence-electron chi connectivity index (χ1n) is 9.97. The molecule has 3 aromatic rings. The van der Waals surface area contributed by atoms with Gasteiger partial charge in [-0.3, -0.25) is 14.9 Å². The van der Waals surface area contributed by atoms with Crippen molar-refractivity contribution < 1.29 is 19.1 Å². The minimum atomic E-state index is -0.769. The standard InChI is InChI=1S/C25H18Br2N2O4/c1-15-4-2-3-5-21(15)29-24(31)19(23(30)28-25(29)32)12-17-8-11-22(20(27)13-17)33-14-16-6-9-18(26)10-7-16/h2-13H,14H2,1H3,(H,28,30,32)/b19-12+. The van der Waals surface area contributed by atoms with Crippen LogP contribution in [0, 0.1) is 6.92 Å². The van der Waals surface area contributed by atoms with Gasteiger partial charge in [-0.05, 0) is 76.0 Å². The Balaban J connectivity index is 1.57. The lowest BCUT2D eigenvalue weighted by molar-refractivity contribution is -0.122. The highest BCUT2D eigenvalue weighted by atomic mass is 79.9. The normalized spacial score (nSPS) is 15.1. The molecular weight excluding hydrogens is 552 g/mol. The molecule has 1 N–H and O–H groups in total. The molecule has 0 saturated carbocycles. The Hall–Kier alpha value is -3.23. The van der Waals surface area contributed by atoms with Crippen molar-refractivity contribution in [1.82, 2.24) is 5.32 Å². The van der Waals surface area contributed by atoms with Crippen LogP contribution in [0.1, 0.15) is 16.7 Å². The Kier molecular flexibility index (Phi) is 6.76. The van der Waals surface area contributed by atoms with E-state index in [4.69, 9.17) is 4.74 Å². The minimum absolute atomic E-state index is 0.131. The van der Waals surface area contributed by atoms with E-state index in [0.717, 1.165) is 20.5 Å². The van der Waals surface area contributed by atoms with Crippen LogP contribution in [0.5, 0.6) is 5.75 Å². The molecule has 6 nitrogen and oxygen atoms in total. The summed E-state index contributed by atoms with van der Waals surface area (Å²) in [4.78, 5) is 38.9. The van der Waals surface area contributed by atoms with E-state index in [2.05, 4.69) is 37.2 Å². The summed E-state index contributed by atoms with van der Waals surface area (Å²) in [5.74, 6) is -0.789. The van der Waals surface area contributed by atoms with Gasteiger partial charge in [-0.2, -0.15) is 0 Å². The number of carbonyl (C=O) groups excluding carboxylic acids is 3. The number of urea groups is 1. The SMILES string of the molecule is Cc1ccccc1N1C(=O)NC(=O)/C(=C\c2ccc(OCc3ccc(Br)cc3)c(Br)c2)C1=O. The number of hydrogen-bond donors (Lipinski definition) is 1. The Labute approximate surface area is 207 Å². The molecule has 1 aliphatic heterocycles. The first-order valence-corrected chi connectivity index (χ1v) is 11.6. The Bertz CT molecular complexity index is 1290. The zero-order chi connectivity index (χ0) is 23.5. The summed E-state index contributed by atoms with van der Waals surface area (Å²) in [7, 11) is 0. The monoisotopic (exact) mass is 568 g/mol. The summed E-state index contributed by atoms with van der Waals surface area (Å²) in [5, 5.41) is 2.24. The maximum Gasteiger partial charge on any atom is 0.335 e. The van der Waals surface area contributed by atoms with Gasteiger partial charge in [-0.25, -0.2) is 9.69 Å². The lowest BCUT2D eigenvalue weighted by Gasteiger charge is -2.27. The van der Waals surface area contributed by atoms with Crippen molar-refractivity contribution in [2.75, 3.05) is 4.90 Å². The van der Waals surface area contributed by atoms with E-state index in [1.54, 1.807) is 43.3 Å². The van der Waals surface area contributed by atoms with Crippen LogP contribution < -0.4 is 15.0 Å². The zero-order valence-corrected chi connectivity index (χ0v) is 20.6. The van der Waals surface area contributed by atoms with E-state index in [0.29, 0.717) is 28.1 Å². The van der Waals surface area contributed by atoms with E-state index >= 15 is 0 Å². The molecule has 0 aromatic heterocycles. The molecule has 0 bridgehead atoms. The maximum atomic E-state index is 13.1. The van der Waals surface area contributed by atoms with Crippen LogP contribution in [0.15, 0.2) is 81.2 Å². The van der Waals surface area contributed by atoms with E-state index in [9.17, 15) is 14.4 Å². The van der Waals surface area contributed by atoms with Crippen molar-refractivity contribution >= 4 is 61.5 Å². The molecule has 0 spiro atoms. The number of para-hydroxylation sites is 1. The average molecular weight is 570 g/mol. The number of rotatable bonds is 5. The molecule has 1 heterocycles. The number of imide groups is 2. The average Bonchev–Trinajstić information content (AvgIpc) is 2.78. The van der Waals surface area contributed by atoms with Crippen LogP contribution >= 0.6 is 31.9 Å². The quantitative estimate of drug-likeness (QED) is 0.313. The molecule has 33 heavy (non-hydrogen) atoms. The number of nitrogens with one attached hydrogen (secondary N) is 1. The number of carbonyl (C=O) groups is 3. The molecule has 3 aromatic carbocycles. The summed E-state index contributed by atoms with van der Waals surface area (Å²) in [6.45, 7) is 2.18. The zero-order valence-electron chi connectivity index (χ0n) is 17.5. The molecule has 8 heteroatoms. The van der Waals surface area contributed by atoms with Crippen molar-refractivity contribution in [2.24, 2.45) is 0 Å². The highest BCUT2D eigenvalue weighted by molar-refractivity contribution is 9.10. The Morgan fingerprint density at radius 3 is 2.39 bits per heavy atom. The van der Waals surface area contributed by atoms with Gasteiger partial charge in [0, 0.05) is 4.47 Å². The highest BCUT2D eigenvalue weighted by Crippen LogP contribution is 2.29. The number of benzene rings is 3. The van der Waals surface area contributed by atoms with Crippen LogP contribution in [0.25, 0.3) is 6.08 Å². The van der Waals surface area contributed by atoms with Crippen LogP contribution in [0.4, 0.5) is 10.5 Å². The van der Waals surface area contributed by atoms with Gasteiger partial charge in [0.15, 0.2) is 0 Å². The van der Waals surface area contributed by atoms with E-state index in [-0.39, 0.29) is 5.57 Å². The van der Waals surface area contributed by atoms with E-state index in [1.807, 2.05) is 30.3 Å². The fourth-order valence-electron chi connectivity index (χ4n) is 3.32. The van der Waals surface area contributed by atoms with Crippen molar-refractivity contribution in [2.45, 2.75) is 13.5 Å². The molecular formula is C25H18Br2N2O4. The van der Waals surface area contributed by atoms with Crippen molar-refractivity contribution in [1.29, 1.82) is 0 Å². The largest absolute Gasteiger partial charge is 0.488 e. The van der Waals surface area contributed by atoms with E-state index < -0.39 is 17.8 Å². The molecule has 1 saturated heterocycles. The third kappa shape index (κ3) is 5.07. The smallest absolute Gasteiger partial charge is 0.335 e. The molecule has 166 valence electrons. The Morgan fingerprint density at radius 2 is 1.70 bits per heavy atom. The van der Waals surface area contributed by atoms with Gasteiger partial charge in [0.25, 0.3) is 11.8 Å². The van der Waals surface area contributed by atoms with Crippen molar-refractivity contribution in [3.8, 4) is 5.75 Å². The topological polar surface area (TPSA) is 75.7 Å². The number of anilines is 1. The predicted octanol–water partition coefficient (Wildman–Crippen LogP) is 5.77. The third-order valence-corrected chi connectivity index (χ3v) is 6.18. The molecule has 4 rings (SSSR count). The van der Waals surface area contributed by atoms with Gasteiger partial charge in [0.2, 0.25) is 0 Å². The number of barbiturate groups is 1. The molecule has 1 fully saturated rings. The predicted molar refractivity (Wildman–Crippen MR) is 133 cm³/mol. The van der Waals surface area contributed by atoms with Crippen LogP contribution in [-0.4, -0.2) is 17.8 Å². The molecule has 1 aliphatic rings. The van der Waals surface area contributed by atoms with Crippen LogP contribution in [0.2, 0.25) is 0 Å². The number of aryl methyl sites for hydroxylation is 1. The maximum absolute atomic E-state index is 13.1. The van der Waals surface area contributed by atoms with Gasteiger partial charge in [0.05, 0.1) is 10.2 Å². The Morgan fingerprint density at radius 1 is 0.970 bits per heavy atom. The summed E-state index contributed by atoms with van der Waals surface area (Å²) >= 11 is 6.89. The van der Waals surface area contributed by atoms with Gasteiger partial charge in [-0.15, -0.1) is 0 Å². The molecule has 4 amide bonds. The third-order valence-electron chi connectivity index (χ3n) is 5.03. The van der Waals surface area contributed by atoms with Crippen LogP contribution in [-0.2, 0) is 16.2 Å². The summed E-state index contributed by atoms with van der Waals surface area (Å²) < 4.78 is 7.54. The summed E-state index contributed by atoms with van der Waals surface area (Å²) in [6.07, 6.45) is 1.46. The van der Waals surface area contributed by atoms with Crippen molar-refractivity contribution in [3.63, 3.8) is 0 Å². The molecule has 0 atom stereocenters. The number of amides is 4. The van der Waals surface area contributed by atoms with Gasteiger partial charge in [-0.1, -0.05) is 52.3 Å². The lowest BCUT2D eigenvalue weighted by atomic mass is 10.1. The number of nitrogens with zero attached hydrogens (tertiary/aromatic N) is 1. The van der Waals surface area contributed by atoms with Gasteiger partial charge >= 0.3 is 6.03 Å². The molecule has 0 radical (unpaired) electrons. The fourth-order valence-corrected chi connectivity index (χ4v) is 4.10. The van der Waals surface area contributed by atoms with Gasteiger partial charge < -0.3 is 4.74 Å². The lowest BCUT2D eigenvalue weighted by Crippen LogP contribution is -2.54. The second-order valence-corrected chi connectivity index (χ2v) is 9.12. The van der Waals surface area contributed by atoms with Crippen LogP contribution in [0.3, 0.4) is 0 Å². The number of ether oxygens (including phenoxy) is 1. The number of hydrogen-bond acceptors (Lipinski definition) is 4. The van der Waals surface area contributed by atoms with Crippen molar-refractivity contribution in [3.05, 3.63) is 97.9 Å². The first kappa shape index (κ1) is 22.9. The second-order valence-electron chi connectivity index (χ2n) is 7.35. The van der Waals surface area contributed by atoms with E-state index in [1.165, 1.54) is 6.08 Å². The first-order chi connectivity index (χ1) is 15.8. The fraction of sp³-hybridized carbons (Fsp3) is 0.0800. The summed E-state index contributed by atoms with van der Waals surface area (Å²) in [6, 6.07) is 19.3. The highest BCUT2D eigenvalue weighted by Gasteiger charge is 2.37.